The summed E-state index contributed by atoms with van der Waals surface area (Å²) in [6.45, 7) is 2.20. The van der Waals surface area contributed by atoms with Gasteiger partial charge in [-0.05, 0) is 43.3 Å². The summed E-state index contributed by atoms with van der Waals surface area (Å²) in [5.74, 6) is 0.381. The van der Waals surface area contributed by atoms with Crippen molar-refractivity contribution in [1.29, 1.82) is 5.26 Å². The zero-order valence-electron chi connectivity index (χ0n) is 12.3. The highest BCUT2D eigenvalue weighted by atomic mass is 16.5. The van der Waals surface area contributed by atoms with Crippen molar-refractivity contribution in [3.8, 4) is 11.8 Å². The number of amides is 1. The Morgan fingerprint density at radius 3 is 2.73 bits per heavy atom. The van der Waals surface area contributed by atoms with Crippen LogP contribution in [0.3, 0.4) is 0 Å². The topological polar surface area (TPSA) is 75.0 Å². The van der Waals surface area contributed by atoms with Crippen molar-refractivity contribution in [3.63, 3.8) is 0 Å². The number of carbonyl (C=O) groups is 1. The molecule has 0 saturated heterocycles. The summed E-state index contributed by atoms with van der Waals surface area (Å²) in [4.78, 5) is 16.1. The number of hydrogen-bond acceptors (Lipinski definition) is 4. The molecule has 2 rings (SSSR count). The number of nitrogens with zero attached hydrogens (tertiary/aromatic N) is 2. The molecule has 0 fully saturated rings. The Morgan fingerprint density at radius 2 is 2.09 bits per heavy atom. The number of rotatable bonds is 6. The van der Waals surface area contributed by atoms with E-state index in [1.807, 2.05) is 24.3 Å². The molecule has 22 heavy (non-hydrogen) atoms. The van der Waals surface area contributed by atoms with Gasteiger partial charge in [0.2, 0.25) is 0 Å². The second-order valence-electron chi connectivity index (χ2n) is 4.76. The molecule has 1 aromatic heterocycles. The van der Waals surface area contributed by atoms with E-state index in [1.165, 1.54) is 0 Å². The Hall–Kier alpha value is -2.87. The van der Waals surface area contributed by atoms with Crippen molar-refractivity contribution in [3.05, 3.63) is 59.9 Å². The van der Waals surface area contributed by atoms with Crippen LogP contribution in [-0.2, 0) is 11.2 Å². The van der Waals surface area contributed by atoms with Crippen LogP contribution in [0.4, 0.5) is 0 Å². The van der Waals surface area contributed by atoms with Gasteiger partial charge in [0, 0.05) is 24.9 Å². The molecule has 0 aliphatic carbocycles. The maximum absolute atomic E-state index is 12.0. The zero-order valence-corrected chi connectivity index (χ0v) is 12.3. The minimum absolute atomic E-state index is 0.180. The summed E-state index contributed by atoms with van der Waals surface area (Å²) in [5, 5.41) is 11.5. The standard InChI is InChI=1S/C17H17N3O2/c1-13(22-16-7-5-14(12-18)6-8-16)17(21)20-11-9-15-4-2-3-10-19-15/h2-8,10,13H,9,11H2,1H3,(H,20,21). The van der Waals surface area contributed by atoms with E-state index in [0.717, 1.165) is 5.69 Å². The van der Waals surface area contributed by atoms with Crippen molar-refractivity contribution < 1.29 is 9.53 Å². The van der Waals surface area contributed by atoms with Gasteiger partial charge in [-0.25, -0.2) is 0 Å². The van der Waals surface area contributed by atoms with Gasteiger partial charge < -0.3 is 10.1 Å². The highest BCUT2D eigenvalue weighted by Gasteiger charge is 2.14. The highest BCUT2D eigenvalue weighted by Crippen LogP contribution is 2.13. The number of carbonyl (C=O) groups excluding carboxylic acids is 1. The van der Waals surface area contributed by atoms with Gasteiger partial charge >= 0.3 is 0 Å². The molecule has 112 valence electrons. The Bertz CT molecular complexity index is 648. The molecular weight excluding hydrogens is 278 g/mol. The molecule has 1 unspecified atom stereocenters. The maximum atomic E-state index is 12.0. The molecule has 1 aromatic carbocycles. The first-order valence-corrected chi connectivity index (χ1v) is 7.03. The van der Waals surface area contributed by atoms with Crippen LogP contribution in [0.15, 0.2) is 48.7 Å². The Morgan fingerprint density at radius 1 is 1.32 bits per heavy atom. The summed E-state index contributed by atoms with van der Waals surface area (Å²) in [5.41, 5.74) is 1.49. The SMILES string of the molecule is CC(Oc1ccc(C#N)cc1)C(=O)NCCc1ccccn1. The minimum Gasteiger partial charge on any atom is -0.481 e. The Kier molecular flexibility index (Phi) is 5.50. The van der Waals surface area contributed by atoms with Crippen LogP contribution < -0.4 is 10.1 Å². The maximum Gasteiger partial charge on any atom is 0.260 e. The predicted octanol–water partition coefficient (Wildman–Crippen LogP) is 2.08. The average Bonchev–Trinajstić information content (AvgIpc) is 2.56. The van der Waals surface area contributed by atoms with Gasteiger partial charge in [0.25, 0.3) is 5.91 Å². The second-order valence-corrected chi connectivity index (χ2v) is 4.76. The molecule has 0 saturated carbocycles. The molecule has 0 bridgehead atoms. The van der Waals surface area contributed by atoms with Gasteiger partial charge in [0.05, 0.1) is 11.6 Å². The van der Waals surface area contributed by atoms with Crippen molar-refractivity contribution in [1.82, 2.24) is 10.3 Å². The normalized spacial score (nSPS) is 11.3. The van der Waals surface area contributed by atoms with Crippen molar-refractivity contribution in [2.75, 3.05) is 6.54 Å². The van der Waals surface area contributed by atoms with Crippen molar-refractivity contribution in [2.24, 2.45) is 0 Å². The number of benzene rings is 1. The van der Waals surface area contributed by atoms with Gasteiger partial charge in [-0.3, -0.25) is 9.78 Å². The molecule has 1 N–H and O–H groups in total. The van der Waals surface area contributed by atoms with E-state index in [1.54, 1.807) is 37.4 Å². The third-order valence-electron chi connectivity index (χ3n) is 3.07. The van der Waals surface area contributed by atoms with Crippen LogP contribution in [0.25, 0.3) is 0 Å². The molecule has 2 aromatic rings. The lowest BCUT2D eigenvalue weighted by atomic mass is 10.2. The van der Waals surface area contributed by atoms with E-state index in [-0.39, 0.29) is 5.91 Å². The van der Waals surface area contributed by atoms with E-state index in [4.69, 9.17) is 10.00 Å². The van der Waals surface area contributed by atoms with Crippen LogP contribution in [0.5, 0.6) is 5.75 Å². The molecule has 0 aliphatic heterocycles. The number of ether oxygens (including phenoxy) is 1. The van der Waals surface area contributed by atoms with E-state index >= 15 is 0 Å². The number of nitrogens with one attached hydrogen (secondary N) is 1. The lowest BCUT2D eigenvalue weighted by Gasteiger charge is -2.14. The molecule has 0 aliphatic rings. The molecular formula is C17H17N3O2. The van der Waals surface area contributed by atoms with Gasteiger partial charge in [-0.15, -0.1) is 0 Å². The quantitative estimate of drug-likeness (QED) is 0.885. The molecule has 5 heteroatoms. The van der Waals surface area contributed by atoms with Gasteiger partial charge in [-0.1, -0.05) is 6.07 Å². The summed E-state index contributed by atoms with van der Waals surface area (Å²) in [7, 11) is 0. The largest absolute Gasteiger partial charge is 0.481 e. The minimum atomic E-state index is -0.600. The first-order valence-electron chi connectivity index (χ1n) is 7.03. The van der Waals surface area contributed by atoms with Crippen LogP contribution in [0.1, 0.15) is 18.2 Å². The molecule has 1 atom stereocenters. The third-order valence-corrected chi connectivity index (χ3v) is 3.07. The Labute approximate surface area is 129 Å². The number of nitriles is 1. The van der Waals surface area contributed by atoms with Crippen molar-refractivity contribution in [2.45, 2.75) is 19.4 Å². The van der Waals surface area contributed by atoms with E-state index in [9.17, 15) is 4.79 Å². The monoisotopic (exact) mass is 295 g/mol. The van der Waals surface area contributed by atoms with Gasteiger partial charge in [-0.2, -0.15) is 5.26 Å². The molecule has 1 amide bonds. The fraction of sp³-hybridized carbons (Fsp3) is 0.235. The van der Waals surface area contributed by atoms with Crippen molar-refractivity contribution >= 4 is 5.91 Å². The lowest BCUT2D eigenvalue weighted by molar-refractivity contribution is -0.127. The number of aromatic nitrogens is 1. The molecule has 1 heterocycles. The first-order chi connectivity index (χ1) is 10.7. The first kappa shape index (κ1) is 15.5. The smallest absolute Gasteiger partial charge is 0.260 e. The van der Waals surface area contributed by atoms with Crippen LogP contribution in [0, 0.1) is 11.3 Å². The number of hydrogen-bond donors (Lipinski definition) is 1. The van der Waals surface area contributed by atoms with Crippen LogP contribution in [0.2, 0.25) is 0 Å². The predicted molar refractivity (Wildman–Crippen MR) is 82.2 cm³/mol. The highest BCUT2D eigenvalue weighted by molar-refractivity contribution is 5.80. The third kappa shape index (κ3) is 4.60. The molecule has 0 spiro atoms. The number of pyridine rings is 1. The van der Waals surface area contributed by atoms with E-state index < -0.39 is 6.10 Å². The summed E-state index contributed by atoms with van der Waals surface area (Å²) >= 11 is 0. The molecule has 0 radical (unpaired) electrons. The fourth-order valence-corrected chi connectivity index (χ4v) is 1.87. The van der Waals surface area contributed by atoms with Crippen LogP contribution >= 0.6 is 0 Å². The van der Waals surface area contributed by atoms with Gasteiger partial charge in [0.15, 0.2) is 6.10 Å². The van der Waals surface area contributed by atoms with Crippen LogP contribution in [-0.4, -0.2) is 23.5 Å². The summed E-state index contributed by atoms with van der Waals surface area (Å²) in [6, 6.07) is 14.4. The molecule has 5 nitrogen and oxygen atoms in total. The fourth-order valence-electron chi connectivity index (χ4n) is 1.87. The summed E-state index contributed by atoms with van der Waals surface area (Å²) < 4.78 is 5.54. The Balaban J connectivity index is 1.78. The average molecular weight is 295 g/mol. The second kappa shape index (κ2) is 7.79. The lowest BCUT2D eigenvalue weighted by Crippen LogP contribution is -2.37. The van der Waals surface area contributed by atoms with E-state index in [0.29, 0.717) is 24.3 Å². The zero-order chi connectivity index (χ0) is 15.8. The van der Waals surface area contributed by atoms with E-state index in [2.05, 4.69) is 10.3 Å². The summed E-state index contributed by atoms with van der Waals surface area (Å²) in [6.07, 6.45) is 1.81. The van der Waals surface area contributed by atoms with Gasteiger partial charge in [0.1, 0.15) is 5.75 Å².